The number of nitrogens with zero attached hydrogens (tertiary/aromatic N) is 2. The minimum absolute atomic E-state index is 0.0202. The molecule has 0 bridgehead atoms. The van der Waals surface area contributed by atoms with Gasteiger partial charge in [-0.15, -0.1) is 0 Å². The van der Waals surface area contributed by atoms with Crippen molar-refractivity contribution in [2.45, 2.75) is 31.9 Å². The molecule has 2 atom stereocenters. The molecule has 4 amide bonds. The number of hydrogen-bond acceptors (Lipinski definition) is 7. The van der Waals surface area contributed by atoms with Crippen LogP contribution in [0.4, 0.5) is 4.79 Å². The number of carbonyl (C=O) groups excluding carboxylic acids is 4. The fourth-order valence-corrected chi connectivity index (χ4v) is 3.40. The van der Waals surface area contributed by atoms with Gasteiger partial charge < -0.3 is 24.8 Å². The predicted octanol–water partition coefficient (Wildman–Crippen LogP) is 0.188. The highest BCUT2D eigenvalue weighted by atomic mass is 16.5. The zero-order valence-corrected chi connectivity index (χ0v) is 17.4. The van der Waals surface area contributed by atoms with Crippen molar-refractivity contribution in [3.63, 3.8) is 0 Å². The van der Waals surface area contributed by atoms with Crippen LogP contribution in [0.25, 0.3) is 0 Å². The number of imide groups is 1. The minimum atomic E-state index is -1.11. The van der Waals surface area contributed by atoms with Gasteiger partial charge in [-0.3, -0.25) is 19.3 Å². The first-order valence-electron chi connectivity index (χ1n) is 10.3. The number of Topliss-reactive ketones (excluding diaryl/α,β-unsaturated/α-hetero) is 1. The summed E-state index contributed by atoms with van der Waals surface area (Å²) in [6.45, 7) is 3.21. The standard InChI is InChI=1S/C21H27N3O7/c1-2-18(26)14-3-5-16(6-4-14)31-13-15(25)12-24-20(28)17(22-21(24)29)11-19(27)23-7-9-30-10-8-23/h3-6,15,17,25H,2,7-13H2,1H3,(H,22,29)/t15-,17-/m0/s1. The van der Waals surface area contributed by atoms with Crippen molar-refractivity contribution >= 4 is 23.6 Å². The molecular weight excluding hydrogens is 406 g/mol. The van der Waals surface area contributed by atoms with Crippen molar-refractivity contribution in [2.24, 2.45) is 0 Å². The Kier molecular flexibility index (Phi) is 7.59. The number of aliphatic hydroxyl groups excluding tert-OH is 1. The second-order valence-electron chi connectivity index (χ2n) is 7.41. The number of carbonyl (C=O) groups is 4. The van der Waals surface area contributed by atoms with E-state index >= 15 is 0 Å². The van der Waals surface area contributed by atoms with Gasteiger partial charge in [0.15, 0.2) is 5.78 Å². The van der Waals surface area contributed by atoms with Gasteiger partial charge in [-0.05, 0) is 24.3 Å². The van der Waals surface area contributed by atoms with Crippen LogP contribution in [0.1, 0.15) is 30.1 Å². The number of β-amino-alcohol motifs (C(OH)–C–C–N with tert-alkyl or cyclic N) is 1. The predicted molar refractivity (Wildman–Crippen MR) is 109 cm³/mol. The summed E-state index contributed by atoms with van der Waals surface area (Å²) in [5.41, 5.74) is 0.576. The van der Waals surface area contributed by atoms with Crippen molar-refractivity contribution in [1.82, 2.24) is 15.1 Å². The first-order chi connectivity index (χ1) is 14.9. The Balaban J connectivity index is 1.47. The average Bonchev–Trinajstić information content (AvgIpc) is 3.05. The van der Waals surface area contributed by atoms with Gasteiger partial charge in [0.25, 0.3) is 5.91 Å². The van der Waals surface area contributed by atoms with E-state index in [0.717, 1.165) is 4.90 Å². The average molecular weight is 433 g/mol. The molecule has 2 heterocycles. The Morgan fingerprint density at radius 1 is 1.23 bits per heavy atom. The smallest absolute Gasteiger partial charge is 0.324 e. The van der Waals surface area contributed by atoms with E-state index in [9.17, 15) is 24.3 Å². The number of ether oxygens (including phenoxy) is 2. The van der Waals surface area contributed by atoms with E-state index in [1.54, 1.807) is 36.1 Å². The maximum atomic E-state index is 12.5. The summed E-state index contributed by atoms with van der Waals surface area (Å²) in [5.74, 6) is -0.296. The third kappa shape index (κ3) is 5.80. The molecule has 10 heteroatoms. The molecule has 3 rings (SSSR count). The quantitative estimate of drug-likeness (QED) is 0.421. The highest BCUT2D eigenvalue weighted by Gasteiger charge is 2.40. The molecule has 2 aliphatic heterocycles. The second-order valence-corrected chi connectivity index (χ2v) is 7.41. The molecule has 0 saturated carbocycles. The maximum Gasteiger partial charge on any atom is 0.324 e. The van der Waals surface area contributed by atoms with E-state index in [2.05, 4.69) is 5.32 Å². The molecule has 0 unspecified atom stereocenters. The number of benzene rings is 1. The van der Waals surface area contributed by atoms with Crippen LogP contribution in [0.3, 0.4) is 0 Å². The Labute approximate surface area is 180 Å². The van der Waals surface area contributed by atoms with Gasteiger partial charge >= 0.3 is 6.03 Å². The second kappa shape index (κ2) is 10.4. The summed E-state index contributed by atoms with van der Waals surface area (Å²) in [6.07, 6.45) is -0.833. The Bertz CT molecular complexity index is 821. The summed E-state index contributed by atoms with van der Waals surface area (Å²) >= 11 is 0. The zero-order valence-electron chi connectivity index (χ0n) is 17.4. The fraction of sp³-hybridized carbons (Fsp3) is 0.524. The summed E-state index contributed by atoms with van der Waals surface area (Å²) in [5, 5.41) is 12.7. The van der Waals surface area contributed by atoms with Crippen LogP contribution < -0.4 is 10.1 Å². The van der Waals surface area contributed by atoms with Gasteiger partial charge in [0.1, 0.15) is 24.5 Å². The Morgan fingerprint density at radius 3 is 2.55 bits per heavy atom. The lowest BCUT2D eigenvalue weighted by Crippen LogP contribution is -2.44. The van der Waals surface area contributed by atoms with Crippen molar-refractivity contribution in [3.8, 4) is 5.75 Å². The van der Waals surface area contributed by atoms with Gasteiger partial charge in [0.2, 0.25) is 5.91 Å². The van der Waals surface area contributed by atoms with Crippen molar-refractivity contribution in [2.75, 3.05) is 39.5 Å². The molecule has 1 aromatic carbocycles. The van der Waals surface area contributed by atoms with Crippen LogP contribution in [0.15, 0.2) is 24.3 Å². The van der Waals surface area contributed by atoms with Gasteiger partial charge in [-0.25, -0.2) is 4.79 Å². The molecule has 168 valence electrons. The number of urea groups is 1. The topological polar surface area (TPSA) is 125 Å². The molecule has 2 fully saturated rings. The molecule has 0 aromatic heterocycles. The van der Waals surface area contributed by atoms with E-state index < -0.39 is 24.1 Å². The number of amides is 4. The van der Waals surface area contributed by atoms with Gasteiger partial charge in [0.05, 0.1) is 26.2 Å². The summed E-state index contributed by atoms with van der Waals surface area (Å²) in [7, 11) is 0. The van der Waals surface area contributed by atoms with Crippen LogP contribution >= 0.6 is 0 Å². The molecule has 2 N–H and O–H groups in total. The number of hydrogen-bond donors (Lipinski definition) is 2. The number of aliphatic hydroxyl groups is 1. The van der Waals surface area contributed by atoms with Crippen LogP contribution in [-0.4, -0.2) is 90.1 Å². The van der Waals surface area contributed by atoms with E-state index in [1.165, 1.54) is 0 Å². The summed E-state index contributed by atoms with van der Waals surface area (Å²) in [6, 6.07) is 4.93. The van der Waals surface area contributed by atoms with Gasteiger partial charge in [0, 0.05) is 25.1 Å². The lowest BCUT2D eigenvalue weighted by atomic mass is 10.1. The van der Waals surface area contributed by atoms with Crippen LogP contribution in [0.5, 0.6) is 5.75 Å². The number of rotatable bonds is 9. The van der Waals surface area contributed by atoms with E-state index in [-0.39, 0.29) is 31.3 Å². The molecule has 0 aliphatic carbocycles. The molecule has 1 aromatic rings. The number of ketones is 1. The summed E-state index contributed by atoms with van der Waals surface area (Å²) in [4.78, 5) is 51.2. The van der Waals surface area contributed by atoms with Crippen LogP contribution in [-0.2, 0) is 14.3 Å². The molecule has 0 radical (unpaired) electrons. The monoisotopic (exact) mass is 433 g/mol. The largest absolute Gasteiger partial charge is 0.491 e. The number of morpholine rings is 1. The van der Waals surface area contributed by atoms with Gasteiger partial charge in [-0.1, -0.05) is 6.92 Å². The van der Waals surface area contributed by atoms with E-state index in [4.69, 9.17) is 9.47 Å². The van der Waals surface area contributed by atoms with Crippen LogP contribution in [0.2, 0.25) is 0 Å². The minimum Gasteiger partial charge on any atom is -0.491 e. The van der Waals surface area contributed by atoms with Crippen LogP contribution in [0, 0.1) is 0 Å². The normalized spacial score (nSPS) is 19.9. The van der Waals surface area contributed by atoms with Gasteiger partial charge in [-0.2, -0.15) is 0 Å². The van der Waals surface area contributed by atoms with Crippen molar-refractivity contribution in [3.05, 3.63) is 29.8 Å². The highest BCUT2D eigenvalue weighted by molar-refractivity contribution is 6.05. The zero-order chi connectivity index (χ0) is 22.4. The Hall–Kier alpha value is -2.98. The van der Waals surface area contributed by atoms with E-state index in [0.29, 0.717) is 44.0 Å². The first kappa shape index (κ1) is 22.7. The first-order valence-corrected chi connectivity index (χ1v) is 10.3. The third-order valence-corrected chi connectivity index (χ3v) is 5.18. The lowest BCUT2D eigenvalue weighted by molar-refractivity contribution is -0.138. The molecule has 2 aliphatic rings. The van der Waals surface area contributed by atoms with Crippen molar-refractivity contribution < 1.29 is 33.8 Å². The van der Waals surface area contributed by atoms with E-state index in [1.807, 2.05) is 0 Å². The fourth-order valence-electron chi connectivity index (χ4n) is 3.40. The summed E-state index contributed by atoms with van der Waals surface area (Å²) < 4.78 is 10.7. The molecule has 2 saturated heterocycles. The maximum absolute atomic E-state index is 12.5. The Morgan fingerprint density at radius 2 is 1.90 bits per heavy atom. The SMILES string of the molecule is CCC(=O)c1ccc(OC[C@@H](O)CN2C(=O)N[C@@H](CC(=O)N3CCOCC3)C2=O)cc1. The third-order valence-electron chi connectivity index (χ3n) is 5.18. The highest BCUT2D eigenvalue weighted by Crippen LogP contribution is 2.15. The number of nitrogens with one attached hydrogen (secondary N) is 1. The molecule has 0 spiro atoms. The molecule has 10 nitrogen and oxygen atoms in total. The lowest BCUT2D eigenvalue weighted by Gasteiger charge is -2.27. The molecule has 31 heavy (non-hydrogen) atoms. The molecular formula is C21H27N3O7. The van der Waals surface area contributed by atoms with Crippen molar-refractivity contribution in [1.29, 1.82) is 0 Å².